The summed E-state index contributed by atoms with van der Waals surface area (Å²) in [4.78, 5) is 14.4. The van der Waals surface area contributed by atoms with Crippen molar-refractivity contribution in [3.63, 3.8) is 0 Å². The Morgan fingerprint density at radius 2 is 1.76 bits per heavy atom. The third kappa shape index (κ3) is 2.55. The highest BCUT2D eigenvalue weighted by Gasteiger charge is 2.26. The Morgan fingerprint density at radius 3 is 2.43 bits per heavy atom. The van der Waals surface area contributed by atoms with Crippen molar-refractivity contribution in [2.45, 2.75) is 6.92 Å². The number of carbonyl (C=O) groups excluding carboxylic acids is 1. The second-order valence-corrected chi connectivity index (χ2v) is 5.43. The number of ketones is 1. The number of hydrogen-bond donors (Lipinski definition) is 0. The summed E-state index contributed by atoms with van der Waals surface area (Å²) in [6.45, 7) is 1.97. The molecule has 2 aromatic carbocycles. The maximum Gasteiger partial charge on any atom is 0.231 e. The number of Topliss-reactive ketones (excluding diaryl/α,β-unsaturated/α-hetero) is 1. The van der Waals surface area contributed by atoms with Crippen molar-refractivity contribution in [2.24, 2.45) is 0 Å². The first-order chi connectivity index (χ1) is 10.0. The van der Waals surface area contributed by atoms with Crippen LogP contribution in [0.25, 0.3) is 6.08 Å². The summed E-state index contributed by atoms with van der Waals surface area (Å²) in [6.07, 6.45) is 1.79. The second kappa shape index (κ2) is 5.09. The number of ether oxygens (including phenoxy) is 1. The van der Waals surface area contributed by atoms with Crippen molar-refractivity contribution in [3.8, 4) is 5.75 Å². The lowest BCUT2D eigenvalue weighted by molar-refractivity contribution is 0.101. The van der Waals surface area contributed by atoms with Crippen molar-refractivity contribution >= 4 is 17.5 Å². The molecular formula is C18H17NO2. The molecule has 1 heterocycles. The smallest absolute Gasteiger partial charge is 0.231 e. The number of fused-ring (bicyclic) bond motifs is 1. The average Bonchev–Trinajstić information content (AvgIpc) is 2.76. The zero-order valence-corrected chi connectivity index (χ0v) is 12.4. The molecule has 0 spiro atoms. The van der Waals surface area contributed by atoms with Crippen LogP contribution in [0.15, 0.2) is 48.2 Å². The van der Waals surface area contributed by atoms with Crippen LogP contribution in [0, 0.1) is 6.92 Å². The first kappa shape index (κ1) is 13.4. The fraction of sp³-hybridized carbons (Fsp3) is 0.167. The largest absolute Gasteiger partial charge is 0.452 e. The third-order valence-corrected chi connectivity index (χ3v) is 3.53. The molecule has 3 nitrogen and oxygen atoms in total. The van der Waals surface area contributed by atoms with Gasteiger partial charge in [0.25, 0.3) is 0 Å². The monoisotopic (exact) mass is 279 g/mol. The van der Waals surface area contributed by atoms with Crippen LogP contribution in [0.5, 0.6) is 5.75 Å². The first-order valence-corrected chi connectivity index (χ1v) is 6.87. The minimum absolute atomic E-state index is 0.0506. The van der Waals surface area contributed by atoms with Crippen LogP contribution in [0.1, 0.15) is 21.5 Å². The Hall–Kier alpha value is -2.55. The fourth-order valence-corrected chi connectivity index (χ4v) is 2.32. The molecule has 1 aliphatic heterocycles. The standard InChI is InChI=1S/C18H17NO2/c1-12-4-9-16-15(10-12)18(20)17(21-16)11-13-5-7-14(8-6-13)19(2)3/h4-11H,1-3H3/b17-11-. The predicted octanol–water partition coefficient (Wildman–Crippen LogP) is 3.68. The van der Waals surface area contributed by atoms with Crippen molar-refractivity contribution in [1.29, 1.82) is 0 Å². The van der Waals surface area contributed by atoms with Gasteiger partial charge in [-0.15, -0.1) is 0 Å². The lowest BCUT2D eigenvalue weighted by Crippen LogP contribution is -2.08. The maximum atomic E-state index is 12.3. The number of nitrogens with zero attached hydrogens (tertiary/aromatic N) is 1. The van der Waals surface area contributed by atoms with E-state index in [1.807, 2.05) is 68.4 Å². The number of benzene rings is 2. The molecule has 3 rings (SSSR count). The number of anilines is 1. The highest BCUT2D eigenvalue weighted by Crippen LogP contribution is 2.32. The van der Waals surface area contributed by atoms with Gasteiger partial charge in [-0.3, -0.25) is 4.79 Å². The highest BCUT2D eigenvalue weighted by molar-refractivity contribution is 6.14. The van der Waals surface area contributed by atoms with Gasteiger partial charge in [0, 0.05) is 19.8 Å². The van der Waals surface area contributed by atoms with Gasteiger partial charge in [-0.1, -0.05) is 23.8 Å². The maximum absolute atomic E-state index is 12.3. The zero-order valence-electron chi connectivity index (χ0n) is 12.4. The van der Waals surface area contributed by atoms with Crippen molar-refractivity contribution < 1.29 is 9.53 Å². The minimum atomic E-state index is -0.0506. The van der Waals surface area contributed by atoms with Gasteiger partial charge in [0.05, 0.1) is 5.56 Å². The number of hydrogen-bond acceptors (Lipinski definition) is 3. The van der Waals surface area contributed by atoms with E-state index < -0.39 is 0 Å². The lowest BCUT2D eigenvalue weighted by atomic mass is 10.1. The van der Waals surface area contributed by atoms with Crippen LogP contribution in [0.4, 0.5) is 5.69 Å². The van der Waals surface area contributed by atoms with Crippen LogP contribution < -0.4 is 9.64 Å². The summed E-state index contributed by atoms with van der Waals surface area (Å²) in [5.74, 6) is 0.973. The quantitative estimate of drug-likeness (QED) is 0.785. The van der Waals surface area contributed by atoms with E-state index in [2.05, 4.69) is 0 Å². The molecule has 0 aliphatic carbocycles. The zero-order chi connectivity index (χ0) is 15.0. The summed E-state index contributed by atoms with van der Waals surface area (Å²) in [7, 11) is 3.99. The molecule has 2 aromatic rings. The normalized spacial score (nSPS) is 15.0. The van der Waals surface area contributed by atoms with E-state index in [1.165, 1.54) is 0 Å². The molecule has 0 saturated carbocycles. The molecule has 106 valence electrons. The van der Waals surface area contributed by atoms with Gasteiger partial charge in [0.2, 0.25) is 5.78 Å². The van der Waals surface area contributed by atoms with Gasteiger partial charge in [-0.25, -0.2) is 0 Å². The first-order valence-electron chi connectivity index (χ1n) is 6.87. The Balaban J connectivity index is 1.90. The van der Waals surface area contributed by atoms with Crippen molar-refractivity contribution in [3.05, 3.63) is 64.9 Å². The van der Waals surface area contributed by atoms with Gasteiger partial charge >= 0.3 is 0 Å². The molecule has 1 aliphatic rings. The summed E-state index contributed by atoms with van der Waals surface area (Å²) < 4.78 is 5.66. The van der Waals surface area contributed by atoms with E-state index in [4.69, 9.17) is 4.74 Å². The van der Waals surface area contributed by atoms with Crippen LogP contribution in [0.3, 0.4) is 0 Å². The van der Waals surface area contributed by atoms with Crippen LogP contribution >= 0.6 is 0 Å². The number of allylic oxidation sites excluding steroid dienone is 1. The van der Waals surface area contributed by atoms with Gasteiger partial charge in [0.15, 0.2) is 5.76 Å². The summed E-state index contributed by atoms with van der Waals surface area (Å²) in [6, 6.07) is 13.7. The molecular weight excluding hydrogens is 262 g/mol. The molecule has 0 saturated heterocycles. The number of aryl methyl sites for hydroxylation is 1. The molecule has 3 heteroatoms. The van der Waals surface area contributed by atoms with Crippen molar-refractivity contribution in [1.82, 2.24) is 0 Å². The third-order valence-electron chi connectivity index (χ3n) is 3.53. The van der Waals surface area contributed by atoms with E-state index in [1.54, 1.807) is 6.08 Å². The minimum Gasteiger partial charge on any atom is -0.452 e. The Bertz CT molecular complexity index is 727. The second-order valence-electron chi connectivity index (χ2n) is 5.43. The topological polar surface area (TPSA) is 29.5 Å². The van der Waals surface area contributed by atoms with E-state index in [9.17, 15) is 4.79 Å². The molecule has 0 fully saturated rings. The van der Waals surface area contributed by atoms with Crippen LogP contribution in [-0.2, 0) is 0 Å². The molecule has 0 radical (unpaired) electrons. The van der Waals surface area contributed by atoms with Crippen LogP contribution in [-0.4, -0.2) is 19.9 Å². The Kier molecular flexibility index (Phi) is 3.26. The molecule has 0 aromatic heterocycles. The molecule has 0 atom stereocenters. The summed E-state index contributed by atoms with van der Waals surface area (Å²) in [5, 5.41) is 0. The van der Waals surface area contributed by atoms with Crippen molar-refractivity contribution in [2.75, 3.05) is 19.0 Å². The van der Waals surface area contributed by atoms with E-state index >= 15 is 0 Å². The Labute approximate surface area is 124 Å². The molecule has 21 heavy (non-hydrogen) atoms. The van der Waals surface area contributed by atoms with E-state index in [-0.39, 0.29) is 5.78 Å². The molecule has 0 amide bonds. The number of rotatable bonds is 2. The fourth-order valence-electron chi connectivity index (χ4n) is 2.32. The highest BCUT2D eigenvalue weighted by atomic mass is 16.5. The molecule has 0 unspecified atom stereocenters. The predicted molar refractivity (Wildman–Crippen MR) is 84.9 cm³/mol. The summed E-state index contributed by atoms with van der Waals surface area (Å²) >= 11 is 0. The van der Waals surface area contributed by atoms with Gasteiger partial charge in [-0.2, -0.15) is 0 Å². The van der Waals surface area contributed by atoms with Gasteiger partial charge < -0.3 is 9.64 Å². The van der Waals surface area contributed by atoms with Crippen LogP contribution in [0.2, 0.25) is 0 Å². The molecule has 0 N–H and O–H groups in total. The Morgan fingerprint density at radius 1 is 1.05 bits per heavy atom. The lowest BCUT2D eigenvalue weighted by Gasteiger charge is -2.11. The van der Waals surface area contributed by atoms with Gasteiger partial charge in [0.1, 0.15) is 5.75 Å². The SMILES string of the molecule is Cc1ccc2c(c1)C(=O)/C(=C/c1ccc(N(C)C)cc1)O2. The number of carbonyl (C=O) groups is 1. The average molecular weight is 279 g/mol. The van der Waals surface area contributed by atoms with E-state index in [0.717, 1.165) is 16.8 Å². The molecule has 0 bridgehead atoms. The summed E-state index contributed by atoms with van der Waals surface area (Å²) in [5.41, 5.74) is 3.77. The van der Waals surface area contributed by atoms with Gasteiger partial charge in [-0.05, 0) is 42.8 Å². The van der Waals surface area contributed by atoms with E-state index in [0.29, 0.717) is 17.1 Å².